The predicted molar refractivity (Wildman–Crippen MR) is 137 cm³/mol. The topological polar surface area (TPSA) is 91.5 Å². The van der Waals surface area contributed by atoms with Gasteiger partial charge in [-0.2, -0.15) is 13.9 Å². The molecule has 3 heterocycles. The molecule has 0 spiro atoms. The molecule has 2 aromatic heterocycles. The van der Waals surface area contributed by atoms with Crippen LogP contribution in [0.25, 0.3) is 6.08 Å². The molecule has 41 heavy (non-hydrogen) atoms. The second-order valence-corrected chi connectivity index (χ2v) is 10.9. The van der Waals surface area contributed by atoms with Crippen molar-refractivity contribution in [1.82, 2.24) is 19.7 Å². The first-order valence-electron chi connectivity index (χ1n) is 12.3. The highest BCUT2D eigenvalue weighted by Crippen LogP contribution is 2.38. The Morgan fingerprint density at radius 1 is 1.20 bits per heavy atom. The molecule has 1 aliphatic rings. The van der Waals surface area contributed by atoms with E-state index < -0.39 is 47.7 Å². The average Bonchev–Trinajstić information content (AvgIpc) is 3.44. The Balaban J connectivity index is 1.32. The van der Waals surface area contributed by atoms with Crippen LogP contribution in [0.3, 0.4) is 0 Å². The highest BCUT2D eigenvalue weighted by Gasteiger charge is 2.42. The maximum absolute atomic E-state index is 14.7. The van der Waals surface area contributed by atoms with Gasteiger partial charge in [-0.1, -0.05) is 19.1 Å². The lowest BCUT2D eigenvalue weighted by Crippen LogP contribution is -2.43. The molecule has 222 valence electrons. The third-order valence-corrected chi connectivity index (χ3v) is 7.62. The number of thioether (sulfide) groups is 1. The number of ether oxygens (including phenoxy) is 3. The fourth-order valence-corrected chi connectivity index (χ4v) is 5.24. The normalized spacial score (nSPS) is 20.3. The van der Waals surface area contributed by atoms with Crippen molar-refractivity contribution >= 4 is 17.8 Å². The van der Waals surface area contributed by atoms with E-state index in [-0.39, 0.29) is 36.5 Å². The standard InChI is InChI=1S/C26H26F6N4O4S/c1-16(25(37,12-36-15-33-14-35-36)20-5-4-18(27)8-21(20)28)41-19-10-38-23(39-11-19)7-3-17-2-6-22(34-9-17)40-13-26(31,32)24(29)30/h2-9,14-16,19,23-24,37H,10-13H2,1H3/b7-3+/t16-,19?,23?,25-/m1/s1. The van der Waals surface area contributed by atoms with Gasteiger partial charge in [0.25, 0.3) is 0 Å². The molecule has 1 saturated heterocycles. The number of pyridine rings is 1. The van der Waals surface area contributed by atoms with Crippen LogP contribution in [-0.2, 0) is 21.6 Å². The molecule has 2 atom stereocenters. The first-order valence-corrected chi connectivity index (χ1v) is 13.2. The number of hydrogen-bond donors (Lipinski definition) is 1. The van der Waals surface area contributed by atoms with Crippen LogP contribution in [0, 0.1) is 11.6 Å². The van der Waals surface area contributed by atoms with Crippen molar-refractivity contribution < 1.29 is 45.7 Å². The van der Waals surface area contributed by atoms with E-state index in [0.29, 0.717) is 11.6 Å². The van der Waals surface area contributed by atoms with E-state index in [9.17, 15) is 31.4 Å². The van der Waals surface area contributed by atoms with Gasteiger partial charge in [0, 0.05) is 29.1 Å². The lowest BCUT2D eigenvalue weighted by Gasteiger charge is -2.37. The molecule has 0 bridgehead atoms. The molecule has 0 aliphatic carbocycles. The van der Waals surface area contributed by atoms with E-state index >= 15 is 0 Å². The Hall–Kier alpha value is -3.14. The minimum Gasteiger partial charge on any atom is -0.471 e. The predicted octanol–water partition coefficient (Wildman–Crippen LogP) is 4.69. The van der Waals surface area contributed by atoms with Gasteiger partial charge in [0.05, 0.1) is 25.0 Å². The lowest BCUT2D eigenvalue weighted by molar-refractivity contribution is -0.148. The highest BCUT2D eigenvalue weighted by molar-refractivity contribution is 8.00. The molecule has 1 aliphatic heterocycles. The smallest absolute Gasteiger partial charge is 0.340 e. The van der Waals surface area contributed by atoms with Crippen LogP contribution in [0.4, 0.5) is 26.3 Å². The lowest BCUT2D eigenvalue weighted by atomic mass is 9.90. The fraction of sp³-hybridized carbons (Fsp3) is 0.423. The summed E-state index contributed by atoms with van der Waals surface area (Å²) in [6.07, 6.45) is 2.62. The Morgan fingerprint density at radius 2 is 1.95 bits per heavy atom. The SMILES string of the molecule is C[C@@H](SC1COC(/C=C/c2ccc(OCC(F)(F)C(F)F)nc2)OC1)[C@](O)(Cn1cncn1)c1ccc(F)cc1F. The quantitative estimate of drug-likeness (QED) is 0.298. The largest absolute Gasteiger partial charge is 0.471 e. The zero-order valence-corrected chi connectivity index (χ0v) is 22.4. The molecule has 15 heteroatoms. The Morgan fingerprint density at radius 3 is 2.56 bits per heavy atom. The van der Waals surface area contributed by atoms with Gasteiger partial charge in [-0.15, -0.1) is 11.8 Å². The number of halogens is 6. The number of aliphatic hydroxyl groups is 1. The zero-order chi connectivity index (χ0) is 29.6. The van der Waals surface area contributed by atoms with Crippen molar-refractivity contribution in [3.8, 4) is 5.88 Å². The van der Waals surface area contributed by atoms with Crippen molar-refractivity contribution in [2.75, 3.05) is 19.8 Å². The molecule has 1 fully saturated rings. The highest BCUT2D eigenvalue weighted by atomic mass is 32.2. The van der Waals surface area contributed by atoms with Crippen LogP contribution in [0.1, 0.15) is 18.1 Å². The maximum Gasteiger partial charge on any atom is 0.340 e. The molecule has 8 nitrogen and oxygen atoms in total. The molecule has 4 rings (SSSR count). The second-order valence-electron chi connectivity index (χ2n) is 9.22. The van der Waals surface area contributed by atoms with Crippen molar-refractivity contribution in [2.24, 2.45) is 0 Å². The molecule has 0 saturated carbocycles. The van der Waals surface area contributed by atoms with Gasteiger partial charge < -0.3 is 19.3 Å². The molecule has 0 radical (unpaired) electrons. The molecule has 1 aromatic carbocycles. The van der Waals surface area contributed by atoms with Crippen molar-refractivity contribution in [3.05, 3.63) is 78.0 Å². The first-order chi connectivity index (χ1) is 19.5. The Kier molecular flexibility index (Phi) is 9.94. The molecule has 0 unspecified atom stereocenters. The van der Waals surface area contributed by atoms with Crippen LogP contribution in [0.15, 0.2) is 55.3 Å². The fourth-order valence-electron chi connectivity index (χ4n) is 3.92. The molecule has 1 N–H and O–H groups in total. The van der Waals surface area contributed by atoms with Gasteiger partial charge >= 0.3 is 12.3 Å². The number of nitrogens with zero attached hydrogens (tertiary/aromatic N) is 4. The minimum atomic E-state index is -4.28. The van der Waals surface area contributed by atoms with E-state index in [0.717, 1.165) is 6.07 Å². The number of rotatable bonds is 12. The van der Waals surface area contributed by atoms with Crippen LogP contribution < -0.4 is 4.74 Å². The van der Waals surface area contributed by atoms with Crippen molar-refractivity contribution in [3.63, 3.8) is 0 Å². The van der Waals surface area contributed by atoms with Crippen molar-refractivity contribution in [2.45, 2.75) is 48.2 Å². The maximum atomic E-state index is 14.7. The van der Waals surface area contributed by atoms with E-state index in [2.05, 4.69) is 19.8 Å². The Bertz CT molecular complexity index is 1290. The van der Waals surface area contributed by atoms with Gasteiger partial charge in [0.15, 0.2) is 12.9 Å². The van der Waals surface area contributed by atoms with Crippen LogP contribution >= 0.6 is 11.8 Å². The number of hydrogen-bond acceptors (Lipinski definition) is 8. The summed E-state index contributed by atoms with van der Waals surface area (Å²) in [5, 5.41) is 14.8. The summed E-state index contributed by atoms with van der Waals surface area (Å²) in [5.41, 5.74) is -1.30. The summed E-state index contributed by atoms with van der Waals surface area (Å²) in [6, 6.07) is 5.76. The van der Waals surface area contributed by atoms with Gasteiger partial charge in [-0.05, 0) is 23.8 Å². The number of benzene rings is 1. The Labute approximate surface area is 235 Å². The summed E-state index contributed by atoms with van der Waals surface area (Å²) >= 11 is 1.31. The first kappa shape index (κ1) is 30.8. The molecular formula is C26H26F6N4O4S. The van der Waals surface area contributed by atoms with E-state index in [1.807, 2.05) is 0 Å². The third-order valence-electron chi connectivity index (χ3n) is 6.17. The van der Waals surface area contributed by atoms with Gasteiger partial charge in [-0.3, -0.25) is 0 Å². The molecule has 0 amide bonds. The van der Waals surface area contributed by atoms with Crippen LogP contribution in [0.5, 0.6) is 5.88 Å². The van der Waals surface area contributed by atoms with Crippen LogP contribution in [0.2, 0.25) is 0 Å². The third kappa shape index (κ3) is 7.99. The summed E-state index contributed by atoms with van der Waals surface area (Å²) < 4.78 is 96.2. The zero-order valence-electron chi connectivity index (χ0n) is 21.5. The molecular weight excluding hydrogens is 578 g/mol. The van der Waals surface area contributed by atoms with Gasteiger partial charge in [-0.25, -0.2) is 32.2 Å². The van der Waals surface area contributed by atoms with Gasteiger partial charge in [0.1, 0.15) is 29.9 Å². The monoisotopic (exact) mass is 604 g/mol. The van der Waals surface area contributed by atoms with Crippen LogP contribution in [-0.4, -0.2) is 73.8 Å². The van der Waals surface area contributed by atoms with E-state index in [4.69, 9.17) is 9.47 Å². The second kappa shape index (κ2) is 13.2. The minimum absolute atomic E-state index is 0.0828. The van der Waals surface area contributed by atoms with Crippen molar-refractivity contribution in [1.29, 1.82) is 0 Å². The van der Waals surface area contributed by atoms with Gasteiger partial charge in [0.2, 0.25) is 5.88 Å². The molecule has 3 aromatic rings. The number of alkyl halides is 4. The number of aromatic nitrogens is 4. The summed E-state index contributed by atoms with van der Waals surface area (Å²) in [4.78, 5) is 7.67. The average molecular weight is 605 g/mol. The summed E-state index contributed by atoms with van der Waals surface area (Å²) in [5.74, 6) is -6.17. The van der Waals surface area contributed by atoms with E-state index in [1.165, 1.54) is 53.5 Å². The summed E-state index contributed by atoms with van der Waals surface area (Å²) in [7, 11) is 0. The van der Waals surface area contributed by atoms with E-state index in [1.54, 1.807) is 19.1 Å². The summed E-state index contributed by atoms with van der Waals surface area (Å²) in [6.45, 7) is 0.559.